The highest BCUT2D eigenvalue weighted by molar-refractivity contribution is 7.90. The molecule has 2 aromatic rings. The lowest BCUT2D eigenvalue weighted by Crippen LogP contribution is -2.41. The van der Waals surface area contributed by atoms with Crippen LogP contribution in [0.4, 0.5) is 0 Å². The first-order valence-electron chi connectivity index (χ1n) is 8.11. The van der Waals surface area contributed by atoms with E-state index in [1.165, 1.54) is 0 Å². The first kappa shape index (κ1) is 19.5. The third-order valence-corrected chi connectivity index (χ3v) is 5.32. The van der Waals surface area contributed by atoms with Gasteiger partial charge in [-0.1, -0.05) is 12.1 Å². The number of carboxylic acid groups (broad SMARTS) is 1. The zero-order valence-corrected chi connectivity index (χ0v) is 16.1. The molecule has 0 saturated carbocycles. The highest BCUT2D eigenvalue weighted by Crippen LogP contribution is 2.24. The molecule has 1 aromatic heterocycles. The highest BCUT2D eigenvalue weighted by atomic mass is 32.2. The average Bonchev–Trinajstić information content (AvgIpc) is 2.84. The Morgan fingerprint density at radius 3 is 2.56 bits per heavy atom. The molecule has 2 atom stereocenters. The van der Waals surface area contributed by atoms with E-state index in [2.05, 4.69) is 9.82 Å². The van der Waals surface area contributed by atoms with Gasteiger partial charge in [-0.25, -0.2) is 4.68 Å². The third kappa shape index (κ3) is 5.07. The second-order valence-corrected chi connectivity index (χ2v) is 9.08. The number of hydrogen-bond donors (Lipinski definition) is 2. The zero-order valence-electron chi connectivity index (χ0n) is 15.2. The zero-order chi connectivity index (χ0) is 18.8. The molecule has 0 bridgehead atoms. The monoisotopic (exact) mass is 363 g/mol. The van der Waals surface area contributed by atoms with Crippen LogP contribution in [0.5, 0.6) is 0 Å². The van der Waals surface area contributed by atoms with Crippen molar-refractivity contribution >= 4 is 17.3 Å². The van der Waals surface area contributed by atoms with Gasteiger partial charge in [0.1, 0.15) is 4.75 Å². The van der Waals surface area contributed by atoms with E-state index in [1.54, 1.807) is 0 Å². The summed E-state index contributed by atoms with van der Waals surface area (Å²) in [5.74, 6) is -0.945. The van der Waals surface area contributed by atoms with Crippen LogP contribution in [0, 0.1) is 13.8 Å². The van der Waals surface area contributed by atoms with E-state index in [0.29, 0.717) is 0 Å². The first-order valence-corrected chi connectivity index (χ1v) is 9.26. The third-order valence-electron chi connectivity index (χ3n) is 3.71. The number of rotatable bonds is 6. The predicted molar refractivity (Wildman–Crippen MR) is 99.1 cm³/mol. The van der Waals surface area contributed by atoms with E-state index >= 15 is 0 Å². The van der Waals surface area contributed by atoms with Gasteiger partial charge in [-0.2, -0.15) is 5.10 Å². The van der Waals surface area contributed by atoms with Gasteiger partial charge in [-0.05, 0) is 58.4 Å². The Morgan fingerprint density at radius 2 is 2.04 bits per heavy atom. The maximum Gasteiger partial charge on any atom is 0.305 e. The van der Waals surface area contributed by atoms with Crippen LogP contribution in [-0.4, -0.2) is 30.2 Å². The highest BCUT2D eigenvalue weighted by Gasteiger charge is 2.31. The van der Waals surface area contributed by atoms with Crippen molar-refractivity contribution in [1.82, 2.24) is 14.5 Å². The van der Waals surface area contributed by atoms with E-state index in [0.717, 1.165) is 22.6 Å². The van der Waals surface area contributed by atoms with Crippen LogP contribution in [0.2, 0.25) is 0 Å². The lowest BCUT2D eigenvalue weighted by molar-refractivity contribution is -0.137. The molecular formula is C18H25N3O3S. The molecule has 0 saturated heterocycles. The molecule has 0 fully saturated rings. The summed E-state index contributed by atoms with van der Waals surface area (Å²) >= 11 is -1.37. The Balaban J connectivity index is 2.36. The van der Waals surface area contributed by atoms with Gasteiger partial charge in [0.25, 0.3) is 0 Å². The minimum atomic E-state index is -1.37. The Kier molecular flexibility index (Phi) is 5.92. The Bertz CT molecular complexity index is 752. The van der Waals surface area contributed by atoms with Crippen LogP contribution in [0.25, 0.3) is 5.69 Å². The molecule has 0 amide bonds. The van der Waals surface area contributed by atoms with Crippen LogP contribution in [0.15, 0.2) is 30.3 Å². The van der Waals surface area contributed by atoms with E-state index in [4.69, 9.17) is 0 Å². The molecule has 0 aliphatic rings. The van der Waals surface area contributed by atoms with Gasteiger partial charge < -0.3 is 9.66 Å². The maximum atomic E-state index is 12.4. The number of nitrogens with one attached hydrogen (secondary N) is 1. The number of aryl methyl sites for hydroxylation is 2. The number of carboxylic acids is 1. The van der Waals surface area contributed by atoms with Crippen molar-refractivity contribution in [2.75, 3.05) is 0 Å². The topological polar surface area (TPSA) is 90.2 Å². The van der Waals surface area contributed by atoms with Gasteiger partial charge in [0, 0.05) is 17.1 Å². The standard InChI is InChI=1S/C18H25N3O3S/c1-12-9-13(2)21(19-12)15-8-6-7-14(10-15)16(11-17(22)23)20-25(24)18(3,4)5/h6-10,16,20H,11H2,1-5H3,(H,22,23). The van der Waals surface area contributed by atoms with Crippen LogP contribution in [0.3, 0.4) is 0 Å². The number of carbonyl (C=O) groups is 1. The van der Waals surface area contributed by atoms with Crippen molar-refractivity contribution < 1.29 is 14.5 Å². The molecule has 7 heteroatoms. The van der Waals surface area contributed by atoms with Gasteiger partial charge in [0.05, 0.1) is 23.8 Å². The molecule has 1 aromatic carbocycles. The summed E-state index contributed by atoms with van der Waals surface area (Å²) < 4.78 is 16.7. The molecule has 0 radical (unpaired) electrons. The summed E-state index contributed by atoms with van der Waals surface area (Å²) in [6, 6.07) is 8.94. The van der Waals surface area contributed by atoms with Crippen molar-refractivity contribution in [1.29, 1.82) is 0 Å². The summed E-state index contributed by atoms with van der Waals surface area (Å²) in [5, 5.41) is 13.7. The SMILES string of the molecule is Cc1cc(C)n(-c2cccc(C(CC(=O)O)N[S+]([O-])C(C)(C)C)c2)n1. The molecule has 25 heavy (non-hydrogen) atoms. The van der Waals surface area contributed by atoms with Gasteiger partial charge >= 0.3 is 5.97 Å². The van der Waals surface area contributed by atoms with Crippen molar-refractivity contribution in [3.63, 3.8) is 0 Å². The van der Waals surface area contributed by atoms with Crippen LogP contribution in [-0.2, 0) is 16.2 Å². The largest absolute Gasteiger partial charge is 0.598 e. The van der Waals surface area contributed by atoms with Gasteiger partial charge in [-0.15, -0.1) is 4.72 Å². The molecule has 0 aliphatic carbocycles. The number of aliphatic carboxylic acids is 1. The minimum Gasteiger partial charge on any atom is -0.598 e. The molecule has 2 N–H and O–H groups in total. The summed E-state index contributed by atoms with van der Waals surface area (Å²) in [6.07, 6.45) is -0.150. The lowest BCUT2D eigenvalue weighted by atomic mass is 10.0. The Labute approximate surface area is 151 Å². The molecule has 0 aliphatic heterocycles. The van der Waals surface area contributed by atoms with Crippen molar-refractivity contribution in [3.05, 3.63) is 47.3 Å². The fourth-order valence-corrected chi connectivity index (χ4v) is 3.30. The summed E-state index contributed by atoms with van der Waals surface area (Å²) in [5.41, 5.74) is 3.53. The second kappa shape index (κ2) is 7.59. The number of aromatic nitrogens is 2. The van der Waals surface area contributed by atoms with E-state index < -0.39 is 28.1 Å². The average molecular weight is 363 g/mol. The minimum absolute atomic E-state index is 0.150. The van der Waals surface area contributed by atoms with E-state index in [-0.39, 0.29) is 6.42 Å². The maximum absolute atomic E-state index is 12.4. The number of benzene rings is 1. The normalized spacial score (nSPS) is 14.3. The van der Waals surface area contributed by atoms with E-state index in [1.807, 2.05) is 69.6 Å². The fourth-order valence-electron chi connectivity index (χ4n) is 2.47. The van der Waals surface area contributed by atoms with Gasteiger partial charge in [-0.3, -0.25) is 4.79 Å². The lowest BCUT2D eigenvalue weighted by Gasteiger charge is -2.27. The summed E-state index contributed by atoms with van der Waals surface area (Å²) in [4.78, 5) is 11.3. The smallest absolute Gasteiger partial charge is 0.305 e. The van der Waals surface area contributed by atoms with Gasteiger partial charge in [0.15, 0.2) is 0 Å². The molecule has 136 valence electrons. The van der Waals surface area contributed by atoms with E-state index in [9.17, 15) is 14.5 Å². The summed E-state index contributed by atoms with van der Waals surface area (Å²) in [7, 11) is 0. The van der Waals surface area contributed by atoms with Crippen LogP contribution in [0.1, 0.15) is 50.2 Å². The Morgan fingerprint density at radius 1 is 1.36 bits per heavy atom. The molecule has 6 nitrogen and oxygen atoms in total. The van der Waals surface area contributed by atoms with Crippen LogP contribution < -0.4 is 4.72 Å². The van der Waals surface area contributed by atoms with Crippen molar-refractivity contribution in [2.45, 2.75) is 51.8 Å². The van der Waals surface area contributed by atoms with Crippen molar-refractivity contribution in [3.8, 4) is 5.69 Å². The van der Waals surface area contributed by atoms with Crippen molar-refractivity contribution in [2.24, 2.45) is 0 Å². The number of nitrogens with zero attached hydrogens (tertiary/aromatic N) is 2. The fraction of sp³-hybridized carbons (Fsp3) is 0.444. The number of hydrogen-bond acceptors (Lipinski definition) is 4. The molecule has 2 unspecified atom stereocenters. The molecule has 0 spiro atoms. The van der Waals surface area contributed by atoms with Gasteiger partial charge in [0.2, 0.25) is 0 Å². The first-order chi connectivity index (χ1) is 11.6. The predicted octanol–water partition coefficient (Wildman–Crippen LogP) is 3.06. The Hall–Kier alpha value is -1.83. The quantitative estimate of drug-likeness (QED) is 0.770. The second-order valence-electron chi connectivity index (χ2n) is 7.08. The molecule has 2 rings (SSSR count). The summed E-state index contributed by atoms with van der Waals surface area (Å²) in [6.45, 7) is 9.43. The van der Waals surface area contributed by atoms with Crippen LogP contribution >= 0.6 is 0 Å². The molecule has 1 heterocycles. The molecular weight excluding hydrogens is 338 g/mol.